The minimum absolute atomic E-state index is 0.0275. The molecule has 0 spiro atoms. The van der Waals surface area contributed by atoms with E-state index >= 15 is 0 Å². The Hall–Kier alpha value is -1.78. The van der Waals surface area contributed by atoms with Crippen LogP contribution in [0.4, 0.5) is 5.82 Å². The van der Waals surface area contributed by atoms with Gasteiger partial charge in [-0.1, -0.05) is 20.8 Å². The van der Waals surface area contributed by atoms with E-state index in [-0.39, 0.29) is 5.41 Å². The number of anilines is 1. The zero-order valence-corrected chi connectivity index (χ0v) is 12.9. The third-order valence-electron chi connectivity index (χ3n) is 3.91. The highest BCUT2D eigenvalue weighted by Gasteiger charge is 2.32. The third kappa shape index (κ3) is 2.01. The summed E-state index contributed by atoms with van der Waals surface area (Å²) < 4.78 is 3.88. The zero-order valence-electron chi connectivity index (χ0n) is 12.9. The van der Waals surface area contributed by atoms with Gasteiger partial charge in [-0.3, -0.25) is 4.68 Å². The van der Waals surface area contributed by atoms with E-state index in [9.17, 15) is 0 Å². The second-order valence-corrected chi connectivity index (χ2v) is 6.85. The normalized spacial score (nSPS) is 15.8. The number of imidazole rings is 1. The molecule has 0 unspecified atom stereocenters. The SMILES string of the molecule is Cn1cc(-c2nc(C3CC3)n(C)c2N)c(C(C)(C)C)n1. The molecule has 1 fully saturated rings. The van der Waals surface area contributed by atoms with Gasteiger partial charge in [0, 0.05) is 37.2 Å². The molecule has 0 aromatic carbocycles. The highest BCUT2D eigenvalue weighted by Crippen LogP contribution is 2.42. The van der Waals surface area contributed by atoms with Gasteiger partial charge in [-0.2, -0.15) is 5.10 Å². The van der Waals surface area contributed by atoms with Crippen molar-refractivity contribution in [2.45, 2.75) is 44.9 Å². The molecular weight excluding hydrogens is 250 g/mol. The number of nitrogen functional groups attached to an aromatic ring is 1. The molecule has 5 heteroatoms. The van der Waals surface area contributed by atoms with Gasteiger partial charge in [-0.15, -0.1) is 0 Å². The summed E-state index contributed by atoms with van der Waals surface area (Å²) in [7, 11) is 3.95. The van der Waals surface area contributed by atoms with Crippen molar-refractivity contribution < 1.29 is 0 Å². The van der Waals surface area contributed by atoms with Gasteiger partial charge < -0.3 is 10.3 Å². The van der Waals surface area contributed by atoms with E-state index < -0.39 is 0 Å². The lowest BCUT2D eigenvalue weighted by Crippen LogP contribution is -2.14. The third-order valence-corrected chi connectivity index (χ3v) is 3.91. The van der Waals surface area contributed by atoms with Gasteiger partial charge in [0.25, 0.3) is 0 Å². The fraction of sp³-hybridized carbons (Fsp3) is 0.600. The summed E-state index contributed by atoms with van der Waals surface area (Å²) in [4.78, 5) is 4.81. The van der Waals surface area contributed by atoms with Crippen LogP contribution in [0.2, 0.25) is 0 Å². The summed E-state index contributed by atoms with van der Waals surface area (Å²) >= 11 is 0. The van der Waals surface area contributed by atoms with Crippen LogP contribution in [0.25, 0.3) is 11.3 Å². The van der Waals surface area contributed by atoms with Crippen LogP contribution >= 0.6 is 0 Å². The molecule has 2 heterocycles. The molecular formula is C15H23N5. The molecule has 0 bridgehead atoms. The molecule has 0 radical (unpaired) electrons. The lowest BCUT2D eigenvalue weighted by molar-refractivity contribution is 0.554. The molecule has 0 aliphatic heterocycles. The molecule has 0 saturated heterocycles. The maximum absolute atomic E-state index is 6.29. The lowest BCUT2D eigenvalue weighted by Gasteiger charge is -2.16. The number of aryl methyl sites for hydroxylation is 1. The van der Waals surface area contributed by atoms with Crippen molar-refractivity contribution in [2.75, 3.05) is 5.73 Å². The summed E-state index contributed by atoms with van der Waals surface area (Å²) in [6.45, 7) is 6.50. The molecule has 0 atom stereocenters. The Morgan fingerprint density at radius 2 is 1.90 bits per heavy atom. The van der Waals surface area contributed by atoms with Crippen LogP contribution in [0.5, 0.6) is 0 Å². The molecule has 1 aliphatic carbocycles. The second kappa shape index (κ2) is 4.11. The van der Waals surface area contributed by atoms with E-state index in [1.54, 1.807) is 0 Å². The van der Waals surface area contributed by atoms with Gasteiger partial charge in [0.05, 0.1) is 5.69 Å². The van der Waals surface area contributed by atoms with Crippen molar-refractivity contribution in [3.8, 4) is 11.3 Å². The first-order valence-corrected chi connectivity index (χ1v) is 7.15. The smallest absolute Gasteiger partial charge is 0.131 e. The first-order chi connectivity index (χ1) is 9.29. The minimum atomic E-state index is -0.0275. The molecule has 1 aliphatic rings. The zero-order chi connectivity index (χ0) is 14.7. The average Bonchev–Trinajstić information content (AvgIpc) is 3.04. The topological polar surface area (TPSA) is 61.7 Å². The highest BCUT2D eigenvalue weighted by atomic mass is 15.3. The average molecular weight is 273 g/mol. The predicted octanol–water partition coefficient (Wildman–Crippen LogP) is 2.58. The standard InChI is InChI=1S/C15H23N5/c1-15(2,3)12-10(8-19(4)18-12)11-13(16)20(5)14(17-11)9-6-7-9/h8-9H,6-7,16H2,1-5H3. The molecule has 1 saturated carbocycles. The van der Waals surface area contributed by atoms with Crippen molar-refractivity contribution in [3.05, 3.63) is 17.7 Å². The van der Waals surface area contributed by atoms with Gasteiger partial charge in [0.1, 0.15) is 17.3 Å². The number of nitrogens with zero attached hydrogens (tertiary/aromatic N) is 4. The van der Waals surface area contributed by atoms with Gasteiger partial charge in [0.2, 0.25) is 0 Å². The van der Waals surface area contributed by atoms with Gasteiger partial charge in [0.15, 0.2) is 0 Å². The molecule has 20 heavy (non-hydrogen) atoms. The van der Waals surface area contributed by atoms with Crippen molar-refractivity contribution in [2.24, 2.45) is 14.1 Å². The molecule has 0 amide bonds. The van der Waals surface area contributed by atoms with Gasteiger partial charge in [-0.05, 0) is 12.8 Å². The van der Waals surface area contributed by atoms with Crippen LogP contribution in [0.15, 0.2) is 6.20 Å². The van der Waals surface area contributed by atoms with E-state index in [1.807, 2.05) is 29.5 Å². The fourth-order valence-corrected chi connectivity index (χ4v) is 2.65. The molecule has 5 nitrogen and oxygen atoms in total. The molecule has 2 aromatic heterocycles. The van der Waals surface area contributed by atoms with E-state index in [0.29, 0.717) is 5.92 Å². The van der Waals surface area contributed by atoms with Crippen LogP contribution in [-0.4, -0.2) is 19.3 Å². The quantitative estimate of drug-likeness (QED) is 0.914. The molecule has 108 valence electrons. The van der Waals surface area contributed by atoms with Gasteiger partial charge in [-0.25, -0.2) is 4.98 Å². The Kier molecular flexibility index (Phi) is 2.71. The maximum Gasteiger partial charge on any atom is 0.131 e. The maximum atomic E-state index is 6.29. The van der Waals surface area contributed by atoms with E-state index in [0.717, 1.165) is 28.6 Å². The molecule has 3 rings (SSSR count). The van der Waals surface area contributed by atoms with E-state index in [1.165, 1.54) is 12.8 Å². The number of hydrogen-bond donors (Lipinski definition) is 1. The van der Waals surface area contributed by atoms with Crippen LogP contribution in [-0.2, 0) is 19.5 Å². The Morgan fingerprint density at radius 1 is 1.25 bits per heavy atom. The second-order valence-electron chi connectivity index (χ2n) is 6.85. The predicted molar refractivity (Wildman–Crippen MR) is 80.5 cm³/mol. The summed E-state index contributed by atoms with van der Waals surface area (Å²) in [5.74, 6) is 2.44. The number of hydrogen-bond acceptors (Lipinski definition) is 3. The van der Waals surface area contributed by atoms with Gasteiger partial charge >= 0.3 is 0 Å². The number of nitrogens with two attached hydrogens (primary N) is 1. The lowest BCUT2D eigenvalue weighted by atomic mass is 9.89. The van der Waals surface area contributed by atoms with Crippen LogP contribution in [0.1, 0.15) is 51.0 Å². The minimum Gasteiger partial charge on any atom is -0.383 e. The Bertz CT molecular complexity index is 653. The Balaban J connectivity index is 2.16. The number of rotatable bonds is 2. The van der Waals surface area contributed by atoms with Crippen LogP contribution in [0.3, 0.4) is 0 Å². The first kappa shape index (κ1) is 13.2. The van der Waals surface area contributed by atoms with Crippen molar-refractivity contribution in [1.82, 2.24) is 19.3 Å². The first-order valence-electron chi connectivity index (χ1n) is 7.15. The van der Waals surface area contributed by atoms with Crippen molar-refractivity contribution >= 4 is 5.82 Å². The monoisotopic (exact) mass is 273 g/mol. The number of aromatic nitrogens is 4. The van der Waals surface area contributed by atoms with Crippen LogP contribution in [0, 0.1) is 0 Å². The Morgan fingerprint density at radius 3 is 2.45 bits per heavy atom. The largest absolute Gasteiger partial charge is 0.383 e. The molecule has 2 aromatic rings. The fourth-order valence-electron chi connectivity index (χ4n) is 2.65. The van der Waals surface area contributed by atoms with Crippen LogP contribution < -0.4 is 5.73 Å². The molecule has 2 N–H and O–H groups in total. The van der Waals surface area contributed by atoms with Crippen molar-refractivity contribution in [3.63, 3.8) is 0 Å². The Labute approximate surface area is 119 Å². The summed E-state index contributed by atoms with van der Waals surface area (Å²) in [6, 6.07) is 0. The summed E-state index contributed by atoms with van der Waals surface area (Å²) in [6.07, 6.45) is 4.47. The summed E-state index contributed by atoms with van der Waals surface area (Å²) in [5, 5.41) is 4.61. The summed E-state index contributed by atoms with van der Waals surface area (Å²) in [5.41, 5.74) is 9.24. The van der Waals surface area contributed by atoms with E-state index in [2.05, 4.69) is 25.9 Å². The highest BCUT2D eigenvalue weighted by molar-refractivity contribution is 5.73. The van der Waals surface area contributed by atoms with E-state index in [4.69, 9.17) is 10.7 Å². The van der Waals surface area contributed by atoms with Crippen molar-refractivity contribution in [1.29, 1.82) is 0 Å².